The van der Waals surface area contributed by atoms with Crippen LogP contribution in [0.15, 0.2) is 30.6 Å². The number of nitrogens with zero attached hydrogens (tertiary/aromatic N) is 6. The molecule has 0 amide bonds. The van der Waals surface area contributed by atoms with Gasteiger partial charge in [0.2, 0.25) is 11.6 Å². The minimum Gasteiger partial charge on any atom is -0.349 e. The second-order valence-electron chi connectivity index (χ2n) is 5.09. The minimum atomic E-state index is -0.589. The number of rotatable bonds is 8. The molecule has 26 heavy (non-hydrogen) atoms. The number of nitriles is 2. The fourth-order valence-electron chi connectivity index (χ4n) is 2.26. The first-order valence-electron chi connectivity index (χ1n) is 7.57. The van der Waals surface area contributed by atoms with Gasteiger partial charge < -0.3 is 10.2 Å². The third kappa shape index (κ3) is 4.79. The molecule has 9 nitrogen and oxygen atoms in total. The molecule has 1 aromatic heterocycles. The Morgan fingerprint density at radius 2 is 1.92 bits per heavy atom. The lowest BCUT2D eigenvalue weighted by Gasteiger charge is -2.21. The molecule has 1 N–H and O–H groups in total. The molecule has 2 rings (SSSR count). The number of nitrogens with one attached hydrogen (secondary N) is 1. The van der Waals surface area contributed by atoms with E-state index < -0.39 is 4.92 Å². The van der Waals surface area contributed by atoms with Crippen LogP contribution in [0.3, 0.4) is 0 Å². The molecule has 0 aliphatic carbocycles. The molecule has 0 fully saturated rings. The number of halogens is 1. The first-order valence-corrected chi connectivity index (χ1v) is 7.95. The molecule has 0 aliphatic rings. The van der Waals surface area contributed by atoms with Gasteiger partial charge in [0.05, 0.1) is 29.9 Å². The molecule has 0 saturated heterocycles. The Bertz CT molecular complexity index is 858. The van der Waals surface area contributed by atoms with E-state index in [1.165, 1.54) is 11.2 Å². The van der Waals surface area contributed by atoms with E-state index in [9.17, 15) is 10.1 Å². The zero-order valence-electron chi connectivity index (χ0n) is 13.6. The second-order valence-corrected chi connectivity index (χ2v) is 5.53. The Hall–Kier alpha value is -3.43. The quantitative estimate of drug-likeness (QED) is 0.551. The van der Waals surface area contributed by atoms with E-state index >= 15 is 0 Å². The number of hydrogen-bond donors (Lipinski definition) is 1. The van der Waals surface area contributed by atoms with Gasteiger partial charge in [-0.2, -0.15) is 10.5 Å². The van der Waals surface area contributed by atoms with Crippen LogP contribution in [-0.2, 0) is 0 Å². The van der Waals surface area contributed by atoms with Gasteiger partial charge in [-0.25, -0.2) is 9.97 Å². The normalized spacial score (nSPS) is 9.81. The van der Waals surface area contributed by atoms with Crippen LogP contribution in [0.1, 0.15) is 12.8 Å². The van der Waals surface area contributed by atoms with Gasteiger partial charge in [0.25, 0.3) is 0 Å². The maximum Gasteiger partial charge on any atom is 0.353 e. The number of nitro groups is 1. The van der Waals surface area contributed by atoms with Crippen molar-refractivity contribution in [2.45, 2.75) is 12.8 Å². The van der Waals surface area contributed by atoms with Crippen molar-refractivity contribution in [1.29, 1.82) is 10.5 Å². The fraction of sp³-hybridized carbons (Fsp3) is 0.250. The van der Waals surface area contributed by atoms with Crippen molar-refractivity contribution in [2.75, 3.05) is 23.3 Å². The Labute approximate surface area is 154 Å². The first kappa shape index (κ1) is 18.9. The molecular formula is C16H14ClN7O2. The Morgan fingerprint density at radius 3 is 2.50 bits per heavy atom. The second kappa shape index (κ2) is 9.16. The lowest BCUT2D eigenvalue weighted by Crippen LogP contribution is -2.27. The third-order valence-electron chi connectivity index (χ3n) is 3.36. The molecule has 0 atom stereocenters. The fourth-order valence-corrected chi connectivity index (χ4v) is 2.45. The van der Waals surface area contributed by atoms with E-state index in [0.29, 0.717) is 10.7 Å². The van der Waals surface area contributed by atoms with E-state index in [2.05, 4.69) is 15.3 Å². The average Bonchev–Trinajstić information content (AvgIpc) is 2.61. The number of benzene rings is 1. The lowest BCUT2D eigenvalue weighted by atomic mass is 10.3. The van der Waals surface area contributed by atoms with Crippen molar-refractivity contribution >= 4 is 34.6 Å². The van der Waals surface area contributed by atoms with Crippen molar-refractivity contribution in [3.05, 3.63) is 45.7 Å². The molecule has 1 heterocycles. The monoisotopic (exact) mass is 371 g/mol. The summed E-state index contributed by atoms with van der Waals surface area (Å²) in [5, 5.41) is 32.6. The Kier molecular flexibility index (Phi) is 6.66. The summed E-state index contributed by atoms with van der Waals surface area (Å²) in [5.74, 6) is 0.0567. The van der Waals surface area contributed by atoms with Crippen LogP contribution in [0, 0.1) is 32.8 Å². The topological polar surface area (TPSA) is 132 Å². The maximum absolute atomic E-state index is 11.7. The summed E-state index contributed by atoms with van der Waals surface area (Å²) < 4.78 is 0. The van der Waals surface area contributed by atoms with Crippen molar-refractivity contribution < 1.29 is 4.92 Å². The highest BCUT2D eigenvalue weighted by Gasteiger charge is 2.27. The van der Waals surface area contributed by atoms with Gasteiger partial charge >= 0.3 is 5.69 Å². The largest absolute Gasteiger partial charge is 0.353 e. The molecule has 10 heteroatoms. The molecule has 1 aromatic carbocycles. The number of aromatic nitrogens is 2. The minimum absolute atomic E-state index is 0.00109. The molecule has 0 aliphatic heterocycles. The van der Waals surface area contributed by atoms with Crippen molar-refractivity contribution in [3.63, 3.8) is 0 Å². The summed E-state index contributed by atoms with van der Waals surface area (Å²) in [6.07, 6.45) is 1.48. The van der Waals surface area contributed by atoms with E-state index in [1.54, 1.807) is 24.3 Å². The van der Waals surface area contributed by atoms with Crippen LogP contribution in [-0.4, -0.2) is 28.0 Å². The molecule has 0 unspecified atom stereocenters. The summed E-state index contributed by atoms with van der Waals surface area (Å²) in [6, 6.07) is 10.7. The first-order chi connectivity index (χ1) is 12.6. The van der Waals surface area contributed by atoms with Gasteiger partial charge in [-0.05, 0) is 18.2 Å². The third-order valence-corrected chi connectivity index (χ3v) is 3.59. The van der Waals surface area contributed by atoms with Gasteiger partial charge in [-0.3, -0.25) is 10.1 Å². The maximum atomic E-state index is 11.7. The van der Waals surface area contributed by atoms with Gasteiger partial charge in [0.1, 0.15) is 6.33 Å². The molecule has 0 spiro atoms. The van der Waals surface area contributed by atoms with Gasteiger partial charge in [-0.1, -0.05) is 17.7 Å². The highest BCUT2D eigenvalue weighted by molar-refractivity contribution is 6.30. The number of anilines is 3. The number of hydrogen-bond acceptors (Lipinski definition) is 8. The van der Waals surface area contributed by atoms with E-state index in [0.717, 1.165) is 0 Å². The van der Waals surface area contributed by atoms with Crippen LogP contribution in [0.5, 0.6) is 0 Å². The van der Waals surface area contributed by atoms with Gasteiger partial charge in [0, 0.05) is 23.8 Å². The molecule has 132 valence electrons. The zero-order chi connectivity index (χ0) is 18.9. The summed E-state index contributed by atoms with van der Waals surface area (Å²) in [4.78, 5) is 20.6. The highest BCUT2D eigenvalue weighted by atomic mass is 35.5. The van der Waals surface area contributed by atoms with Crippen LogP contribution in [0.25, 0.3) is 0 Å². The summed E-state index contributed by atoms with van der Waals surface area (Å²) in [7, 11) is 0. The molecule has 0 radical (unpaired) electrons. The molecule has 0 saturated carbocycles. The molecular weight excluding hydrogens is 358 g/mol. The molecule has 2 aromatic rings. The summed E-state index contributed by atoms with van der Waals surface area (Å²) >= 11 is 5.93. The summed E-state index contributed by atoms with van der Waals surface area (Å²) in [5.41, 5.74) is 0.203. The van der Waals surface area contributed by atoms with Gasteiger partial charge in [0.15, 0.2) is 0 Å². The standard InChI is InChI=1S/C16H14ClN7O2/c17-12-4-1-5-13(10-12)22-15-14(24(25)26)16(21-11-20-15)23(8-2-6-18)9-3-7-19/h1,4-5,10-11H,2-3,8-9H2,(H,20,21,22). The van der Waals surface area contributed by atoms with Crippen LogP contribution >= 0.6 is 11.6 Å². The van der Waals surface area contributed by atoms with Crippen molar-refractivity contribution in [3.8, 4) is 12.1 Å². The summed E-state index contributed by atoms with van der Waals surface area (Å²) in [6.45, 7) is 0.430. The Morgan fingerprint density at radius 1 is 1.23 bits per heavy atom. The van der Waals surface area contributed by atoms with Crippen LogP contribution in [0.4, 0.5) is 23.0 Å². The predicted molar refractivity (Wildman–Crippen MR) is 96.1 cm³/mol. The highest BCUT2D eigenvalue weighted by Crippen LogP contribution is 2.34. The van der Waals surface area contributed by atoms with Crippen LogP contribution < -0.4 is 10.2 Å². The molecule has 0 bridgehead atoms. The zero-order valence-corrected chi connectivity index (χ0v) is 14.3. The van der Waals surface area contributed by atoms with Crippen molar-refractivity contribution in [1.82, 2.24) is 9.97 Å². The SMILES string of the molecule is N#CCCN(CCC#N)c1ncnc(Nc2cccc(Cl)c2)c1[N+](=O)[O-]. The average molecular weight is 372 g/mol. The smallest absolute Gasteiger partial charge is 0.349 e. The van der Waals surface area contributed by atoms with E-state index in [1.807, 2.05) is 12.1 Å². The van der Waals surface area contributed by atoms with Crippen molar-refractivity contribution in [2.24, 2.45) is 0 Å². The van der Waals surface area contributed by atoms with E-state index in [4.69, 9.17) is 22.1 Å². The predicted octanol–water partition coefficient (Wildman–Crippen LogP) is 3.42. The Balaban J connectivity index is 2.44. The van der Waals surface area contributed by atoms with E-state index in [-0.39, 0.29) is 43.3 Å². The lowest BCUT2D eigenvalue weighted by molar-refractivity contribution is -0.383. The van der Waals surface area contributed by atoms with Crippen LogP contribution in [0.2, 0.25) is 5.02 Å². The van der Waals surface area contributed by atoms with Gasteiger partial charge in [-0.15, -0.1) is 0 Å².